The molecular weight excluding hydrogens is 250 g/mol. The van der Waals surface area contributed by atoms with Gasteiger partial charge in [-0.15, -0.1) is 0 Å². The van der Waals surface area contributed by atoms with E-state index in [1.165, 1.54) is 10.8 Å². The predicted molar refractivity (Wildman–Crippen MR) is 72.2 cm³/mol. The minimum absolute atomic E-state index is 0.0787. The summed E-state index contributed by atoms with van der Waals surface area (Å²) in [4.78, 5) is 18.2. The van der Waals surface area contributed by atoms with Crippen molar-refractivity contribution in [1.29, 1.82) is 0 Å². The van der Waals surface area contributed by atoms with Crippen LogP contribution in [-0.4, -0.2) is 20.9 Å². The van der Waals surface area contributed by atoms with Crippen molar-refractivity contribution in [2.24, 2.45) is 12.0 Å². The summed E-state index contributed by atoms with van der Waals surface area (Å²) in [5, 5.41) is 9.82. The van der Waals surface area contributed by atoms with Gasteiger partial charge in [-0.25, -0.2) is 0 Å². The Morgan fingerprint density at radius 1 is 1.39 bits per heavy atom. The van der Waals surface area contributed by atoms with Crippen LogP contribution in [-0.2, 0) is 7.05 Å². The van der Waals surface area contributed by atoms with E-state index < -0.39 is 5.56 Å². The molecule has 0 aliphatic rings. The van der Waals surface area contributed by atoms with Crippen molar-refractivity contribution in [1.82, 2.24) is 9.55 Å². The standard InChI is InChI=1S/C12H11N3O2S/c1-15-11(17)9(10(16)14-12(15)18)7-13-8-5-3-2-4-6-8/h2-7,17H,1H3,(H,14,16,18). The second-order valence-corrected chi connectivity index (χ2v) is 4.04. The molecule has 18 heavy (non-hydrogen) atoms. The number of hydrogen-bond donors (Lipinski definition) is 2. The number of aromatic nitrogens is 2. The number of aromatic amines is 1. The van der Waals surface area contributed by atoms with Gasteiger partial charge in [0.05, 0.1) is 5.69 Å². The lowest BCUT2D eigenvalue weighted by molar-refractivity contribution is 0.420. The van der Waals surface area contributed by atoms with Gasteiger partial charge in [0.15, 0.2) is 4.77 Å². The molecule has 1 aromatic heterocycles. The molecule has 0 atom stereocenters. The number of nitrogens with zero attached hydrogens (tertiary/aromatic N) is 2. The van der Waals surface area contributed by atoms with Crippen molar-refractivity contribution < 1.29 is 5.11 Å². The van der Waals surface area contributed by atoms with Gasteiger partial charge in [-0.3, -0.25) is 19.3 Å². The number of benzene rings is 1. The highest BCUT2D eigenvalue weighted by Gasteiger charge is 2.07. The van der Waals surface area contributed by atoms with Gasteiger partial charge in [-0.2, -0.15) is 0 Å². The van der Waals surface area contributed by atoms with Crippen LogP contribution in [0.3, 0.4) is 0 Å². The van der Waals surface area contributed by atoms with Crippen LogP contribution >= 0.6 is 12.2 Å². The molecule has 0 fully saturated rings. The molecule has 1 heterocycles. The summed E-state index contributed by atoms with van der Waals surface area (Å²) in [6.07, 6.45) is 1.32. The summed E-state index contributed by atoms with van der Waals surface area (Å²) < 4.78 is 1.47. The van der Waals surface area contributed by atoms with E-state index in [2.05, 4.69) is 9.98 Å². The van der Waals surface area contributed by atoms with Crippen LogP contribution in [0.5, 0.6) is 5.88 Å². The molecule has 0 saturated carbocycles. The zero-order valence-electron chi connectivity index (χ0n) is 9.62. The van der Waals surface area contributed by atoms with E-state index in [0.717, 1.165) is 0 Å². The summed E-state index contributed by atoms with van der Waals surface area (Å²) in [6, 6.07) is 9.13. The number of para-hydroxylation sites is 1. The van der Waals surface area contributed by atoms with Crippen LogP contribution in [0, 0.1) is 4.77 Å². The molecule has 0 unspecified atom stereocenters. The lowest BCUT2D eigenvalue weighted by Gasteiger charge is -2.04. The highest BCUT2D eigenvalue weighted by Crippen LogP contribution is 2.12. The Morgan fingerprint density at radius 3 is 2.72 bits per heavy atom. The smallest absolute Gasteiger partial charge is 0.264 e. The minimum Gasteiger partial charge on any atom is -0.494 e. The number of hydrogen-bond acceptors (Lipinski definition) is 4. The lowest BCUT2D eigenvalue weighted by Crippen LogP contribution is -2.17. The van der Waals surface area contributed by atoms with E-state index in [-0.39, 0.29) is 16.2 Å². The zero-order valence-corrected chi connectivity index (χ0v) is 10.4. The maximum Gasteiger partial charge on any atom is 0.264 e. The van der Waals surface area contributed by atoms with Crippen LogP contribution in [0.1, 0.15) is 5.56 Å². The SMILES string of the molecule is Cn1c(O)c(C=Nc2ccccc2)c(=O)[nH]c1=S. The Bertz CT molecular complexity index is 701. The van der Waals surface area contributed by atoms with Crippen molar-refractivity contribution >= 4 is 24.1 Å². The van der Waals surface area contributed by atoms with E-state index in [4.69, 9.17) is 12.2 Å². The van der Waals surface area contributed by atoms with Crippen molar-refractivity contribution in [3.05, 3.63) is 51.0 Å². The molecule has 2 rings (SSSR count). The van der Waals surface area contributed by atoms with E-state index in [9.17, 15) is 9.90 Å². The van der Waals surface area contributed by atoms with Gasteiger partial charge in [0.1, 0.15) is 5.56 Å². The zero-order chi connectivity index (χ0) is 13.1. The van der Waals surface area contributed by atoms with Crippen molar-refractivity contribution in [2.45, 2.75) is 0 Å². The number of aromatic hydroxyl groups is 1. The summed E-state index contributed by atoms with van der Waals surface area (Å²) >= 11 is 4.87. The maximum absolute atomic E-state index is 11.6. The molecule has 0 radical (unpaired) electrons. The molecule has 1 aromatic carbocycles. The topological polar surface area (TPSA) is 70.4 Å². The molecule has 0 aliphatic heterocycles. The number of aliphatic imine (C=N–C) groups is 1. The van der Waals surface area contributed by atoms with Gasteiger partial charge >= 0.3 is 0 Å². The molecule has 0 saturated heterocycles. The van der Waals surface area contributed by atoms with Gasteiger partial charge < -0.3 is 5.11 Å². The fourth-order valence-electron chi connectivity index (χ4n) is 1.40. The van der Waals surface area contributed by atoms with Crippen LogP contribution in [0.4, 0.5) is 5.69 Å². The fourth-order valence-corrected chi connectivity index (χ4v) is 1.58. The van der Waals surface area contributed by atoms with Gasteiger partial charge in [0, 0.05) is 13.3 Å². The molecule has 5 nitrogen and oxygen atoms in total. The van der Waals surface area contributed by atoms with E-state index in [1.54, 1.807) is 19.2 Å². The molecule has 0 aliphatic carbocycles. The van der Waals surface area contributed by atoms with Gasteiger partial charge in [0.25, 0.3) is 5.56 Å². The molecule has 92 valence electrons. The maximum atomic E-state index is 11.6. The molecule has 0 spiro atoms. The van der Waals surface area contributed by atoms with Crippen molar-refractivity contribution in [2.75, 3.05) is 0 Å². The van der Waals surface area contributed by atoms with Crippen LogP contribution in [0.25, 0.3) is 0 Å². The molecule has 0 amide bonds. The summed E-state index contributed by atoms with van der Waals surface area (Å²) in [7, 11) is 1.56. The van der Waals surface area contributed by atoms with Gasteiger partial charge in [-0.05, 0) is 24.4 Å². The van der Waals surface area contributed by atoms with E-state index in [1.807, 2.05) is 18.2 Å². The quantitative estimate of drug-likeness (QED) is 0.640. The Kier molecular flexibility index (Phi) is 3.38. The first-order chi connectivity index (χ1) is 8.59. The van der Waals surface area contributed by atoms with Crippen LogP contribution in [0.15, 0.2) is 40.1 Å². The molecule has 2 aromatic rings. The third-order valence-electron chi connectivity index (χ3n) is 2.43. The fraction of sp³-hybridized carbons (Fsp3) is 0.0833. The average Bonchev–Trinajstić information content (AvgIpc) is 2.37. The molecular formula is C12H11N3O2S. The average molecular weight is 261 g/mol. The first-order valence-electron chi connectivity index (χ1n) is 5.21. The normalized spacial score (nSPS) is 10.9. The summed E-state index contributed by atoms with van der Waals surface area (Å²) in [6.45, 7) is 0. The number of H-pyrrole nitrogens is 1. The molecule has 6 heteroatoms. The van der Waals surface area contributed by atoms with Gasteiger partial charge in [-0.1, -0.05) is 18.2 Å². The van der Waals surface area contributed by atoms with Crippen molar-refractivity contribution in [3.63, 3.8) is 0 Å². The molecule has 0 bridgehead atoms. The van der Waals surface area contributed by atoms with Crippen LogP contribution in [0.2, 0.25) is 0 Å². The van der Waals surface area contributed by atoms with Crippen molar-refractivity contribution in [3.8, 4) is 5.88 Å². The Morgan fingerprint density at radius 2 is 2.06 bits per heavy atom. The van der Waals surface area contributed by atoms with E-state index >= 15 is 0 Å². The lowest BCUT2D eigenvalue weighted by atomic mass is 10.3. The first-order valence-corrected chi connectivity index (χ1v) is 5.62. The Hall–Kier alpha value is -2.21. The number of rotatable bonds is 2. The highest BCUT2D eigenvalue weighted by molar-refractivity contribution is 7.71. The monoisotopic (exact) mass is 261 g/mol. The largest absolute Gasteiger partial charge is 0.494 e. The molecule has 2 N–H and O–H groups in total. The minimum atomic E-state index is -0.463. The second-order valence-electron chi connectivity index (χ2n) is 3.65. The predicted octanol–water partition coefficient (Wildman–Crippen LogP) is 1.90. The van der Waals surface area contributed by atoms with E-state index in [0.29, 0.717) is 5.69 Å². The second kappa shape index (κ2) is 4.97. The highest BCUT2D eigenvalue weighted by atomic mass is 32.1. The number of nitrogens with one attached hydrogen (secondary N) is 1. The first kappa shape index (κ1) is 12.3. The Labute approximate surface area is 108 Å². The van der Waals surface area contributed by atoms with Gasteiger partial charge in [0.2, 0.25) is 5.88 Å². The summed E-state index contributed by atoms with van der Waals surface area (Å²) in [5.41, 5.74) is 0.312. The third kappa shape index (κ3) is 2.38. The summed E-state index contributed by atoms with van der Waals surface area (Å²) in [5.74, 6) is -0.205. The third-order valence-corrected chi connectivity index (χ3v) is 2.80. The van der Waals surface area contributed by atoms with Crippen LogP contribution < -0.4 is 5.56 Å². The Balaban J connectivity index is 2.48.